The Bertz CT molecular complexity index is 1450. The molecule has 1 saturated carbocycles. The van der Waals surface area contributed by atoms with Crippen LogP contribution in [0.15, 0.2) is 36.4 Å². The van der Waals surface area contributed by atoms with E-state index in [1.54, 1.807) is 45.0 Å². The van der Waals surface area contributed by atoms with Crippen LogP contribution in [0.25, 0.3) is 11.0 Å². The minimum Gasteiger partial charge on any atom is -0.480 e. The molecule has 0 radical (unpaired) electrons. The topological polar surface area (TPSA) is 140 Å². The Morgan fingerprint density at radius 1 is 1.12 bits per heavy atom. The third-order valence-corrected chi connectivity index (χ3v) is 8.03. The second-order valence-electron chi connectivity index (χ2n) is 12.7. The Hall–Kier alpha value is -3.87. The number of carboxylic acids is 1. The number of aromatic nitrogens is 2. The number of nitrogens with one attached hydrogen (secondary N) is 1. The zero-order valence-corrected chi connectivity index (χ0v) is 24.5. The van der Waals surface area contributed by atoms with Crippen molar-refractivity contribution in [1.82, 2.24) is 20.2 Å². The molecule has 1 saturated heterocycles. The fourth-order valence-corrected chi connectivity index (χ4v) is 5.86. The van der Waals surface area contributed by atoms with Crippen LogP contribution in [-0.2, 0) is 25.0 Å². The summed E-state index contributed by atoms with van der Waals surface area (Å²) in [4.78, 5) is 49.0. The first-order valence-electron chi connectivity index (χ1n) is 14.3. The van der Waals surface area contributed by atoms with Crippen LogP contribution in [0, 0.1) is 5.41 Å². The summed E-state index contributed by atoms with van der Waals surface area (Å²) in [5.74, 6) is -6.07. The molecule has 3 heterocycles. The molecule has 2 aliphatic heterocycles. The molecule has 2 aromatic rings. The lowest BCUT2D eigenvalue weighted by Gasteiger charge is -2.35. The van der Waals surface area contributed by atoms with Gasteiger partial charge in [-0.1, -0.05) is 39.0 Å². The molecule has 5 atom stereocenters. The van der Waals surface area contributed by atoms with Crippen molar-refractivity contribution in [1.29, 1.82) is 0 Å². The van der Waals surface area contributed by atoms with Gasteiger partial charge < -0.3 is 29.5 Å². The fourth-order valence-electron chi connectivity index (χ4n) is 5.86. The third-order valence-electron chi connectivity index (χ3n) is 8.03. The van der Waals surface area contributed by atoms with E-state index >= 15 is 8.78 Å². The maximum Gasteiger partial charge on any atom is 0.408 e. The van der Waals surface area contributed by atoms with E-state index in [0.717, 1.165) is 4.90 Å². The Morgan fingerprint density at radius 3 is 2.47 bits per heavy atom. The average molecular weight is 603 g/mol. The summed E-state index contributed by atoms with van der Waals surface area (Å²) >= 11 is 0. The van der Waals surface area contributed by atoms with Crippen molar-refractivity contribution in [2.45, 2.75) is 89.2 Å². The van der Waals surface area contributed by atoms with Gasteiger partial charge >= 0.3 is 18.0 Å². The molecule has 13 heteroatoms. The molecule has 11 nitrogen and oxygen atoms in total. The number of carbonyl (C=O) groups excluding carboxylic acids is 2. The van der Waals surface area contributed by atoms with E-state index in [4.69, 9.17) is 14.2 Å². The predicted octanol–water partition coefficient (Wildman–Crippen LogP) is 4.19. The monoisotopic (exact) mass is 602 g/mol. The van der Waals surface area contributed by atoms with Gasteiger partial charge in [-0.25, -0.2) is 19.6 Å². The molecule has 1 aromatic heterocycles. The number of carboxylic acid groups (broad SMARTS) is 1. The lowest BCUT2D eigenvalue weighted by atomic mass is 9.85. The number of nitrogens with zero attached hydrogens (tertiary/aromatic N) is 3. The molecule has 5 rings (SSSR count). The highest BCUT2D eigenvalue weighted by Crippen LogP contribution is 2.40. The summed E-state index contributed by atoms with van der Waals surface area (Å²) in [6, 6.07) is 3.97. The largest absolute Gasteiger partial charge is 0.480 e. The number of hydrogen-bond donors (Lipinski definition) is 2. The smallest absolute Gasteiger partial charge is 0.408 e. The van der Waals surface area contributed by atoms with Gasteiger partial charge in [0.25, 0.3) is 0 Å². The highest BCUT2D eigenvalue weighted by Gasteiger charge is 2.52. The molecule has 1 aromatic carbocycles. The number of alkyl carbamates (subject to hydrolysis) is 1. The number of halogens is 2. The normalized spacial score (nSPS) is 30.7. The summed E-state index contributed by atoms with van der Waals surface area (Å²) in [7, 11) is 0. The Labute approximate surface area is 247 Å². The van der Waals surface area contributed by atoms with Crippen LogP contribution in [0.3, 0.4) is 0 Å². The standard InChI is InChI=1S/C30H36F2N4O7/c1-28(2,3)23-25(37)36-16-29(4,15-19(36)26(38)39)43-24-22(33-17-9-5-6-10-18(17)34-24)30(31,32)13-8-14-41-20-11-7-12-21(20)42-27(40)35-23/h5-6,8-10,13,19-21,23H,7,11-12,14-16H2,1-4H3,(H,35,40)(H,38,39)/b13-8-/t19-,20+,21+,23+,29+/m0/s1. The van der Waals surface area contributed by atoms with Crippen molar-refractivity contribution in [3.8, 4) is 5.88 Å². The van der Waals surface area contributed by atoms with Crippen molar-refractivity contribution in [3.05, 3.63) is 42.1 Å². The van der Waals surface area contributed by atoms with Gasteiger partial charge in [-0.05, 0) is 49.8 Å². The van der Waals surface area contributed by atoms with Gasteiger partial charge in [0.2, 0.25) is 11.8 Å². The van der Waals surface area contributed by atoms with Gasteiger partial charge in [-0.15, -0.1) is 0 Å². The van der Waals surface area contributed by atoms with Crippen LogP contribution in [0.5, 0.6) is 5.88 Å². The summed E-state index contributed by atoms with van der Waals surface area (Å²) in [6.07, 6.45) is 1.35. The van der Waals surface area contributed by atoms with Crippen LogP contribution >= 0.6 is 0 Å². The van der Waals surface area contributed by atoms with Crippen molar-refractivity contribution >= 4 is 29.0 Å². The highest BCUT2D eigenvalue weighted by atomic mass is 19.3. The quantitative estimate of drug-likeness (QED) is 0.460. The fraction of sp³-hybridized carbons (Fsp3) is 0.567. The summed E-state index contributed by atoms with van der Waals surface area (Å²) in [6.45, 7) is 6.29. The zero-order chi connectivity index (χ0) is 31.2. The second-order valence-corrected chi connectivity index (χ2v) is 12.7. The van der Waals surface area contributed by atoms with E-state index in [0.29, 0.717) is 30.9 Å². The molecule has 1 aliphatic carbocycles. The maximum absolute atomic E-state index is 15.7. The van der Waals surface area contributed by atoms with E-state index in [1.807, 2.05) is 0 Å². The molecule has 2 bridgehead atoms. The van der Waals surface area contributed by atoms with Crippen LogP contribution < -0.4 is 10.1 Å². The summed E-state index contributed by atoms with van der Waals surface area (Å²) in [5, 5.41) is 12.7. The number of ether oxygens (including phenoxy) is 3. The van der Waals surface area contributed by atoms with Gasteiger partial charge in [0.15, 0.2) is 5.69 Å². The van der Waals surface area contributed by atoms with Crippen molar-refractivity contribution in [3.63, 3.8) is 0 Å². The Morgan fingerprint density at radius 2 is 1.79 bits per heavy atom. The summed E-state index contributed by atoms with van der Waals surface area (Å²) in [5.41, 5.74) is -2.49. The number of rotatable bonds is 1. The van der Waals surface area contributed by atoms with Gasteiger partial charge in [-0.2, -0.15) is 8.78 Å². The van der Waals surface area contributed by atoms with Crippen LogP contribution in [0.1, 0.15) is 59.1 Å². The molecular formula is C30H36F2N4O7. The average Bonchev–Trinajstić information content (AvgIpc) is 3.51. The number of alkyl halides is 2. The number of fused-ring (bicyclic) bond motifs is 5. The minimum absolute atomic E-state index is 0.172. The van der Waals surface area contributed by atoms with Crippen LogP contribution in [0.4, 0.5) is 13.6 Å². The maximum atomic E-state index is 15.7. The van der Waals surface area contributed by atoms with E-state index in [2.05, 4.69) is 15.3 Å². The number of para-hydroxylation sites is 2. The van der Waals surface area contributed by atoms with E-state index in [-0.39, 0.29) is 25.1 Å². The number of amides is 2. The third kappa shape index (κ3) is 6.41. The molecule has 43 heavy (non-hydrogen) atoms. The number of carbonyl (C=O) groups is 3. The Balaban J connectivity index is 1.60. The van der Waals surface area contributed by atoms with Crippen LogP contribution in [-0.4, -0.2) is 81.0 Å². The Kier molecular flexibility index (Phi) is 8.05. The van der Waals surface area contributed by atoms with E-state index in [1.165, 1.54) is 13.0 Å². The number of allylic oxidation sites excluding steroid dienone is 1. The highest BCUT2D eigenvalue weighted by molar-refractivity contribution is 5.90. The first-order chi connectivity index (χ1) is 20.2. The predicted molar refractivity (Wildman–Crippen MR) is 150 cm³/mol. The second kappa shape index (κ2) is 11.3. The molecule has 3 aliphatic rings. The lowest BCUT2D eigenvalue weighted by Crippen LogP contribution is -2.57. The zero-order valence-electron chi connectivity index (χ0n) is 24.5. The molecule has 2 N–H and O–H groups in total. The molecule has 0 spiro atoms. The van der Waals surface area contributed by atoms with Gasteiger partial charge in [0, 0.05) is 6.42 Å². The number of aliphatic carboxylic acids is 1. The van der Waals surface area contributed by atoms with Crippen molar-refractivity contribution in [2.75, 3.05) is 13.2 Å². The summed E-state index contributed by atoms with van der Waals surface area (Å²) < 4.78 is 49.0. The molecule has 2 fully saturated rings. The first-order valence-corrected chi connectivity index (χ1v) is 14.3. The molecule has 2 amide bonds. The van der Waals surface area contributed by atoms with E-state index < -0.39 is 70.8 Å². The van der Waals surface area contributed by atoms with Crippen molar-refractivity contribution in [2.24, 2.45) is 5.41 Å². The minimum atomic E-state index is -3.64. The molecule has 0 unspecified atom stereocenters. The SMILES string of the molecule is CC(C)(C)[C@@H]1NC(=O)O[C@@H]2CCC[C@H]2OC/C=C\C(F)(F)c2nc3ccccc3nc2O[C@]2(C)C[C@@H](C(=O)O)N(C2)C1=O. The number of hydrogen-bond acceptors (Lipinski definition) is 8. The van der Waals surface area contributed by atoms with Gasteiger partial charge in [0.05, 0.1) is 30.3 Å². The van der Waals surface area contributed by atoms with Gasteiger partial charge in [-0.3, -0.25) is 4.79 Å². The first kappa shape index (κ1) is 30.6. The van der Waals surface area contributed by atoms with Crippen LogP contribution in [0.2, 0.25) is 0 Å². The molecule has 232 valence electrons. The number of benzene rings is 1. The van der Waals surface area contributed by atoms with Crippen molar-refractivity contribution < 1.29 is 42.5 Å². The molecular weight excluding hydrogens is 566 g/mol. The lowest BCUT2D eigenvalue weighted by molar-refractivity contribution is -0.150. The van der Waals surface area contributed by atoms with Gasteiger partial charge in [0.1, 0.15) is 23.8 Å². The van der Waals surface area contributed by atoms with E-state index in [9.17, 15) is 19.5 Å².